The van der Waals surface area contributed by atoms with E-state index < -0.39 is 0 Å². The van der Waals surface area contributed by atoms with Gasteiger partial charge in [0.05, 0.1) is 10.7 Å². The van der Waals surface area contributed by atoms with Gasteiger partial charge < -0.3 is 5.32 Å². The minimum Gasteiger partial charge on any atom is -0.321 e. The Morgan fingerprint density at radius 1 is 1.22 bits per heavy atom. The number of rotatable bonds is 4. The number of amides is 1. The maximum Gasteiger partial charge on any atom is 0.267 e. The highest BCUT2D eigenvalue weighted by Gasteiger charge is 2.15. The number of nitrogens with one attached hydrogen (secondary N) is 2. The van der Waals surface area contributed by atoms with Gasteiger partial charge in [-0.15, -0.1) is 11.3 Å². The number of hydrogen-bond donors (Lipinski definition) is 2. The first-order chi connectivity index (χ1) is 11.1. The van der Waals surface area contributed by atoms with E-state index in [4.69, 9.17) is 0 Å². The maximum absolute atomic E-state index is 12.4. The molecule has 2 aromatic heterocycles. The predicted molar refractivity (Wildman–Crippen MR) is 90.7 cm³/mol. The summed E-state index contributed by atoms with van der Waals surface area (Å²) >= 11 is 1.44. The van der Waals surface area contributed by atoms with Gasteiger partial charge in [-0.1, -0.05) is 6.92 Å². The van der Waals surface area contributed by atoms with Crippen LogP contribution in [-0.4, -0.2) is 26.1 Å². The van der Waals surface area contributed by atoms with Crippen molar-refractivity contribution in [3.8, 4) is 11.4 Å². The number of thiazole rings is 1. The first-order valence-corrected chi connectivity index (χ1v) is 8.15. The number of carbonyl (C=O) groups is 1. The van der Waals surface area contributed by atoms with Crippen LogP contribution in [0.15, 0.2) is 24.3 Å². The molecule has 0 spiro atoms. The minimum absolute atomic E-state index is 0.124. The lowest BCUT2D eigenvalue weighted by Gasteiger charge is -2.04. The summed E-state index contributed by atoms with van der Waals surface area (Å²) in [6.07, 6.45) is 0.837. The molecular formula is C16H17N5OS. The highest BCUT2D eigenvalue weighted by Crippen LogP contribution is 2.22. The lowest BCUT2D eigenvalue weighted by Crippen LogP contribution is -2.11. The second-order valence-electron chi connectivity index (χ2n) is 5.15. The number of nitrogens with zero attached hydrogens (tertiary/aromatic N) is 3. The average molecular weight is 327 g/mol. The van der Waals surface area contributed by atoms with Gasteiger partial charge in [-0.25, -0.2) is 9.97 Å². The molecule has 2 N–H and O–H groups in total. The molecule has 0 aliphatic rings. The number of hydrogen-bond acceptors (Lipinski definition) is 5. The van der Waals surface area contributed by atoms with Gasteiger partial charge >= 0.3 is 0 Å². The molecule has 0 unspecified atom stereocenters. The molecule has 6 nitrogen and oxygen atoms in total. The number of benzene rings is 1. The zero-order chi connectivity index (χ0) is 16.4. The zero-order valence-electron chi connectivity index (χ0n) is 13.2. The highest BCUT2D eigenvalue weighted by molar-refractivity contribution is 7.13. The van der Waals surface area contributed by atoms with Crippen LogP contribution in [0.4, 0.5) is 5.69 Å². The van der Waals surface area contributed by atoms with Crippen LogP contribution >= 0.6 is 11.3 Å². The molecule has 0 aliphatic heterocycles. The van der Waals surface area contributed by atoms with Gasteiger partial charge in [0.2, 0.25) is 0 Å². The van der Waals surface area contributed by atoms with E-state index >= 15 is 0 Å². The highest BCUT2D eigenvalue weighted by atomic mass is 32.1. The fourth-order valence-electron chi connectivity index (χ4n) is 2.18. The van der Waals surface area contributed by atoms with Crippen molar-refractivity contribution in [2.45, 2.75) is 27.2 Å². The topological polar surface area (TPSA) is 83.6 Å². The quantitative estimate of drug-likeness (QED) is 0.769. The number of anilines is 1. The Morgan fingerprint density at radius 2 is 1.96 bits per heavy atom. The van der Waals surface area contributed by atoms with Gasteiger partial charge in [-0.2, -0.15) is 5.10 Å². The molecule has 1 aromatic carbocycles. The van der Waals surface area contributed by atoms with Crippen molar-refractivity contribution >= 4 is 22.9 Å². The van der Waals surface area contributed by atoms with E-state index in [9.17, 15) is 4.79 Å². The van der Waals surface area contributed by atoms with Crippen LogP contribution < -0.4 is 5.32 Å². The summed E-state index contributed by atoms with van der Waals surface area (Å²) in [6.45, 7) is 5.75. The summed E-state index contributed by atoms with van der Waals surface area (Å²) < 4.78 is 0. The van der Waals surface area contributed by atoms with E-state index in [1.165, 1.54) is 11.3 Å². The van der Waals surface area contributed by atoms with Gasteiger partial charge in [0.25, 0.3) is 5.91 Å². The van der Waals surface area contributed by atoms with Crippen LogP contribution in [0.25, 0.3) is 11.4 Å². The zero-order valence-corrected chi connectivity index (χ0v) is 14.0. The molecule has 0 bridgehead atoms. The van der Waals surface area contributed by atoms with Crippen molar-refractivity contribution in [1.82, 2.24) is 20.2 Å². The standard InChI is InChI=1S/C16H17N5OS/c1-4-13-17-9(2)14(23-13)16(22)19-12-7-5-11(6-8-12)15-18-10(3)20-21-15/h5-8H,4H2,1-3H3,(H,19,22)(H,18,20,21). The van der Waals surface area contributed by atoms with E-state index in [-0.39, 0.29) is 5.91 Å². The van der Waals surface area contributed by atoms with Crippen molar-refractivity contribution < 1.29 is 4.79 Å². The van der Waals surface area contributed by atoms with Crippen molar-refractivity contribution in [2.24, 2.45) is 0 Å². The summed E-state index contributed by atoms with van der Waals surface area (Å²) in [5.74, 6) is 1.29. The third-order valence-corrected chi connectivity index (χ3v) is 4.65. The number of aromatic nitrogens is 4. The Kier molecular flexibility index (Phi) is 4.20. The summed E-state index contributed by atoms with van der Waals surface area (Å²) in [7, 11) is 0. The second-order valence-corrected chi connectivity index (χ2v) is 6.24. The van der Waals surface area contributed by atoms with Crippen LogP contribution in [0.1, 0.15) is 33.1 Å². The second kappa shape index (κ2) is 6.29. The Hall–Kier alpha value is -2.54. The predicted octanol–water partition coefficient (Wildman–Crippen LogP) is 3.36. The monoisotopic (exact) mass is 327 g/mol. The smallest absolute Gasteiger partial charge is 0.267 e. The fourth-order valence-corrected chi connectivity index (χ4v) is 3.08. The molecule has 118 valence electrons. The maximum atomic E-state index is 12.4. The molecule has 2 heterocycles. The van der Waals surface area contributed by atoms with Gasteiger partial charge in [-0.3, -0.25) is 9.89 Å². The number of aromatic amines is 1. The van der Waals surface area contributed by atoms with Crippen LogP contribution in [0.3, 0.4) is 0 Å². The molecule has 3 rings (SSSR count). The van der Waals surface area contributed by atoms with Crippen molar-refractivity contribution in [3.63, 3.8) is 0 Å². The van der Waals surface area contributed by atoms with Crippen LogP contribution in [0.2, 0.25) is 0 Å². The Labute approximate surface area is 138 Å². The summed E-state index contributed by atoms with van der Waals surface area (Å²) in [5.41, 5.74) is 2.41. The van der Waals surface area contributed by atoms with Gasteiger partial charge in [0, 0.05) is 11.3 Å². The molecule has 7 heteroatoms. The molecule has 23 heavy (non-hydrogen) atoms. The summed E-state index contributed by atoms with van der Waals surface area (Å²) in [5, 5.41) is 10.8. The van der Waals surface area contributed by atoms with Gasteiger partial charge in [-0.05, 0) is 44.5 Å². The largest absolute Gasteiger partial charge is 0.321 e. The fraction of sp³-hybridized carbons (Fsp3) is 0.250. The first-order valence-electron chi connectivity index (χ1n) is 7.34. The van der Waals surface area contributed by atoms with E-state index in [0.717, 1.165) is 34.2 Å². The first kappa shape index (κ1) is 15.4. The summed E-state index contributed by atoms with van der Waals surface area (Å²) in [4.78, 5) is 21.7. The normalized spacial score (nSPS) is 10.7. The molecule has 0 fully saturated rings. The number of carbonyl (C=O) groups excluding carboxylic acids is 1. The van der Waals surface area contributed by atoms with E-state index in [1.807, 2.05) is 45.0 Å². The lowest BCUT2D eigenvalue weighted by atomic mass is 10.2. The molecule has 1 amide bonds. The van der Waals surface area contributed by atoms with Crippen molar-refractivity contribution in [1.29, 1.82) is 0 Å². The molecule has 0 aliphatic carbocycles. The van der Waals surface area contributed by atoms with E-state index in [2.05, 4.69) is 25.5 Å². The summed E-state index contributed by atoms with van der Waals surface area (Å²) in [6, 6.07) is 7.45. The van der Waals surface area contributed by atoms with Gasteiger partial charge in [0.15, 0.2) is 5.82 Å². The number of aryl methyl sites for hydroxylation is 3. The average Bonchev–Trinajstić information content (AvgIpc) is 3.14. The van der Waals surface area contributed by atoms with E-state index in [0.29, 0.717) is 10.7 Å². The molecule has 0 atom stereocenters. The molecule has 0 radical (unpaired) electrons. The van der Waals surface area contributed by atoms with Crippen molar-refractivity contribution in [2.75, 3.05) is 5.32 Å². The third kappa shape index (κ3) is 3.29. The van der Waals surface area contributed by atoms with E-state index in [1.54, 1.807) is 0 Å². The van der Waals surface area contributed by atoms with Crippen molar-refractivity contribution in [3.05, 3.63) is 45.7 Å². The molecule has 3 aromatic rings. The molecule has 0 saturated carbocycles. The van der Waals surface area contributed by atoms with Gasteiger partial charge in [0.1, 0.15) is 10.7 Å². The SMILES string of the molecule is CCc1nc(C)c(C(=O)Nc2ccc(-c3n[nH]c(C)n3)cc2)s1. The van der Waals surface area contributed by atoms with Crippen LogP contribution in [0.5, 0.6) is 0 Å². The minimum atomic E-state index is -0.124. The Morgan fingerprint density at radius 3 is 2.52 bits per heavy atom. The molecular weight excluding hydrogens is 310 g/mol. The Balaban J connectivity index is 1.75. The lowest BCUT2D eigenvalue weighted by molar-refractivity contribution is 0.103. The molecule has 0 saturated heterocycles. The number of H-pyrrole nitrogens is 1. The van der Waals surface area contributed by atoms with Crippen LogP contribution in [0, 0.1) is 13.8 Å². The third-order valence-electron chi connectivity index (χ3n) is 3.35. The van der Waals surface area contributed by atoms with Crippen LogP contribution in [-0.2, 0) is 6.42 Å². The Bertz CT molecular complexity index is 835.